The highest BCUT2D eigenvalue weighted by Gasteiger charge is 2.30. The third kappa shape index (κ3) is 4.38. The normalized spacial score (nSPS) is 16.4. The van der Waals surface area contributed by atoms with E-state index in [0.717, 1.165) is 5.56 Å². The van der Waals surface area contributed by atoms with Crippen LogP contribution >= 0.6 is 23.2 Å². The van der Waals surface area contributed by atoms with E-state index in [1.54, 1.807) is 24.3 Å². The van der Waals surface area contributed by atoms with Gasteiger partial charge in [0.15, 0.2) is 11.6 Å². The summed E-state index contributed by atoms with van der Waals surface area (Å²) in [6.45, 7) is 2.25. The molecule has 0 saturated carbocycles. The Morgan fingerprint density at radius 1 is 1.11 bits per heavy atom. The molecule has 1 aliphatic heterocycles. The molecule has 1 fully saturated rings. The molecule has 0 amide bonds. The van der Waals surface area contributed by atoms with E-state index in [-0.39, 0.29) is 20.7 Å². The van der Waals surface area contributed by atoms with E-state index < -0.39 is 15.8 Å². The summed E-state index contributed by atoms with van der Waals surface area (Å²) < 4.78 is 45.8. The highest BCUT2D eigenvalue weighted by atomic mass is 35.5. The quantitative estimate of drug-likeness (QED) is 0.723. The summed E-state index contributed by atoms with van der Waals surface area (Å²) in [5.74, 6) is -0.208. The molecule has 0 bridgehead atoms. The van der Waals surface area contributed by atoms with Crippen LogP contribution in [0.3, 0.4) is 0 Å². The Kier molecular flexibility index (Phi) is 6.28. The molecule has 1 saturated heterocycles. The van der Waals surface area contributed by atoms with Crippen LogP contribution in [0.4, 0.5) is 4.39 Å². The maximum atomic E-state index is 13.8. The van der Waals surface area contributed by atoms with E-state index in [1.807, 2.05) is 0 Å². The van der Waals surface area contributed by atoms with Gasteiger partial charge in [0.1, 0.15) is 4.90 Å². The largest absolute Gasteiger partial charge is 0.494 e. The van der Waals surface area contributed by atoms with Crippen LogP contribution in [-0.4, -0.2) is 50.9 Å². The van der Waals surface area contributed by atoms with Gasteiger partial charge in [0.05, 0.1) is 17.2 Å². The number of hydrogen-bond donors (Lipinski definition) is 0. The molecule has 0 N–H and O–H groups in total. The zero-order valence-corrected chi connectivity index (χ0v) is 17.0. The minimum Gasteiger partial charge on any atom is -0.494 e. The number of halogens is 3. The van der Waals surface area contributed by atoms with Crippen LogP contribution in [-0.2, 0) is 16.6 Å². The molecule has 0 aromatic heterocycles. The molecule has 1 aliphatic rings. The van der Waals surface area contributed by atoms with Crippen molar-refractivity contribution in [3.63, 3.8) is 0 Å². The highest BCUT2D eigenvalue weighted by molar-refractivity contribution is 7.89. The second kappa shape index (κ2) is 8.32. The number of rotatable bonds is 5. The van der Waals surface area contributed by atoms with E-state index in [1.165, 1.54) is 23.5 Å². The Labute approximate surface area is 168 Å². The van der Waals surface area contributed by atoms with Gasteiger partial charge in [-0.15, -0.1) is 0 Å². The van der Waals surface area contributed by atoms with E-state index in [0.29, 0.717) is 32.7 Å². The van der Waals surface area contributed by atoms with Gasteiger partial charge in [-0.05, 0) is 29.8 Å². The van der Waals surface area contributed by atoms with Crippen molar-refractivity contribution < 1.29 is 17.5 Å². The SMILES string of the molecule is COc1ccc(CN2CCN(S(=O)(=O)c3cccc(Cl)c3Cl)CC2)cc1F. The van der Waals surface area contributed by atoms with Crippen molar-refractivity contribution in [3.05, 3.63) is 57.8 Å². The second-order valence-electron chi connectivity index (χ2n) is 6.20. The molecular weight excluding hydrogens is 414 g/mol. The van der Waals surface area contributed by atoms with E-state index in [9.17, 15) is 12.8 Å². The first-order valence-electron chi connectivity index (χ1n) is 8.32. The molecule has 5 nitrogen and oxygen atoms in total. The van der Waals surface area contributed by atoms with Crippen LogP contribution < -0.4 is 4.74 Å². The Bertz CT molecular complexity index is 932. The molecule has 1 heterocycles. The van der Waals surface area contributed by atoms with Gasteiger partial charge in [-0.3, -0.25) is 4.90 Å². The van der Waals surface area contributed by atoms with Crippen LogP contribution in [0, 0.1) is 5.82 Å². The first kappa shape index (κ1) is 20.4. The van der Waals surface area contributed by atoms with Crippen LogP contribution in [0.5, 0.6) is 5.75 Å². The maximum absolute atomic E-state index is 13.8. The second-order valence-corrected chi connectivity index (χ2v) is 8.89. The van der Waals surface area contributed by atoms with Crippen LogP contribution in [0.25, 0.3) is 0 Å². The van der Waals surface area contributed by atoms with Gasteiger partial charge < -0.3 is 4.74 Å². The number of piperazine rings is 1. The number of sulfonamides is 1. The molecule has 0 radical (unpaired) electrons. The molecule has 3 rings (SSSR count). The average molecular weight is 433 g/mol. The first-order chi connectivity index (χ1) is 12.8. The van der Waals surface area contributed by atoms with E-state index in [2.05, 4.69) is 4.90 Å². The molecule has 9 heteroatoms. The van der Waals surface area contributed by atoms with Crippen molar-refractivity contribution >= 4 is 33.2 Å². The molecule has 0 unspecified atom stereocenters. The topological polar surface area (TPSA) is 49.9 Å². The minimum absolute atomic E-state index is 0.0161. The molecule has 0 spiro atoms. The molecule has 0 aliphatic carbocycles. The monoisotopic (exact) mass is 432 g/mol. The number of methoxy groups -OCH3 is 1. The minimum atomic E-state index is -3.71. The van der Waals surface area contributed by atoms with E-state index >= 15 is 0 Å². The van der Waals surface area contributed by atoms with Gasteiger partial charge in [-0.1, -0.05) is 35.3 Å². The Morgan fingerprint density at radius 2 is 1.81 bits per heavy atom. The Balaban J connectivity index is 1.66. The fourth-order valence-corrected chi connectivity index (χ4v) is 5.17. The number of nitrogens with zero attached hydrogens (tertiary/aromatic N) is 2. The van der Waals surface area contributed by atoms with Crippen molar-refractivity contribution in [1.82, 2.24) is 9.21 Å². The Morgan fingerprint density at radius 3 is 2.44 bits per heavy atom. The fraction of sp³-hybridized carbons (Fsp3) is 0.333. The van der Waals surface area contributed by atoms with Crippen molar-refractivity contribution in [1.29, 1.82) is 0 Å². The zero-order valence-electron chi connectivity index (χ0n) is 14.7. The smallest absolute Gasteiger partial charge is 0.244 e. The third-order valence-corrected chi connectivity index (χ3v) is 7.36. The first-order valence-corrected chi connectivity index (χ1v) is 10.5. The van der Waals surface area contributed by atoms with Crippen LogP contribution in [0.2, 0.25) is 10.0 Å². The summed E-state index contributed by atoms with van der Waals surface area (Å²) in [4.78, 5) is 2.09. The van der Waals surface area contributed by atoms with Crippen LogP contribution in [0.15, 0.2) is 41.3 Å². The molecule has 146 valence electrons. The lowest BCUT2D eigenvalue weighted by Crippen LogP contribution is -2.48. The molecule has 0 atom stereocenters. The van der Waals surface area contributed by atoms with Crippen molar-refractivity contribution in [2.24, 2.45) is 0 Å². The standard InChI is InChI=1S/C18H19Cl2FN2O3S/c1-26-16-6-5-13(11-15(16)21)12-22-7-9-23(10-8-22)27(24,25)17-4-2-3-14(19)18(17)20/h2-6,11H,7-10,12H2,1H3. The summed E-state index contributed by atoms with van der Waals surface area (Å²) in [7, 11) is -2.29. The summed E-state index contributed by atoms with van der Waals surface area (Å²) in [5, 5.41) is 0.244. The van der Waals surface area contributed by atoms with Gasteiger partial charge in [-0.25, -0.2) is 12.8 Å². The van der Waals surface area contributed by atoms with Gasteiger partial charge in [0, 0.05) is 32.7 Å². The Hall–Kier alpha value is -1.38. The third-order valence-electron chi connectivity index (χ3n) is 4.49. The lowest BCUT2D eigenvalue weighted by atomic mass is 10.2. The predicted molar refractivity (Wildman–Crippen MR) is 103 cm³/mol. The molecular formula is C18H19Cl2FN2O3S. The van der Waals surface area contributed by atoms with Gasteiger partial charge in [0.25, 0.3) is 0 Å². The summed E-state index contributed by atoms with van der Waals surface area (Å²) in [5.41, 5.74) is 0.808. The van der Waals surface area contributed by atoms with Gasteiger partial charge >= 0.3 is 0 Å². The van der Waals surface area contributed by atoms with Gasteiger partial charge in [-0.2, -0.15) is 4.31 Å². The highest BCUT2D eigenvalue weighted by Crippen LogP contribution is 2.31. The van der Waals surface area contributed by atoms with E-state index in [4.69, 9.17) is 27.9 Å². The average Bonchev–Trinajstić information content (AvgIpc) is 2.64. The zero-order chi connectivity index (χ0) is 19.6. The molecule has 27 heavy (non-hydrogen) atoms. The fourth-order valence-electron chi connectivity index (χ4n) is 3.02. The molecule has 2 aromatic rings. The number of benzene rings is 2. The lowest BCUT2D eigenvalue weighted by molar-refractivity contribution is 0.181. The van der Waals surface area contributed by atoms with Crippen molar-refractivity contribution in [2.75, 3.05) is 33.3 Å². The summed E-state index contributed by atoms with van der Waals surface area (Å²) in [6, 6.07) is 9.40. The lowest BCUT2D eigenvalue weighted by Gasteiger charge is -2.34. The van der Waals surface area contributed by atoms with Gasteiger partial charge in [0.2, 0.25) is 10.0 Å². The summed E-state index contributed by atoms with van der Waals surface area (Å²) in [6.07, 6.45) is 0. The number of hydrogen-bond acceptors (Lipinski definition) is 4. The number of ether oxygens (including phenoxy) is 1. The summed E-state index contributed by atoms with van der Waals surface area (Å²) >= 11 is 12.0. The van der Waals surface area contributed by atoms with Crippen LogP contribution in [0.1, 0.15) is 5.56 Å². The molecule has 2 aromatic carbocycles. The van der Waals surface area contributed by atoms with Crippen molar-refractivity contribution in [2.45, 2.75) is 11.4 Å². The van der Waals surface area contributed by atoms with Crippen molar-refractivity contribution in [3.8, 4) is 5.75 Å². The maximum Gasteiger partial charge on any atom is 0.244 e. The predicted octanol–water partition coefficient (Wildman–Crippen LogP) is 3.65.